The summed E-state index contributed by atoms with van der Waals surface area (Å²) in [6, 6.07) is 12.3. The highest BCUT2D eigenvalue weighted by Crippen LogP contribution is 2.23. The van der Waals surface area contributed by atoms with Crippen LogP contribution < -0.4 is 10.1 Å². The number of ether oxygens (including phenoxy) is 1. The van der Waals surface area contributed by atoms with Crippen LogP contribution in [0.5, 0.6) is 5.75 Å². The third kappa shape index (κ3) is 5.59. The SMILES string of the molecule is COc1ccc(Cl)cc1CN(C)CC(=O)Nc1cccc(C(C)=O)c1. The molecule has 0 saturated heterocycles. The van der Waals surface area contributed by atoms with Crippen molar-refractivity contribution in [3.8, 4) is 5.75 Å². The number of benzene rings is 2. The number of rotatable bonds is 7. The van der Waals surface area contributed by atoms with Gasteiger partial charge in [-0.3, -0.25) is 14.5 Å². The molecule has 0 spiro atoms. The summed E-state index contributed by atoms with van der Waals surface area (Å²) in [5, 5.41) is 3.42. The Kier molecular flexibility index (Phi) is 6.56. The van der Waals surface area contributed by atoms with E-state index in [0.717, 1.165) is 11.3 Å². The zero-order valence-corrected chi connectivity index (χ0v) is 15.3. The minimum Gasteiger partial charge on any atom is -0.496 e. The van der Waals surface area contributed by atoms with Crippen molar-refractivity contribution < 1.29 is 14.3 Å². The van der Waals surface area contributed by atoms with Crippen LogP contribution in [-0.2, 0) is 11.3 Å². The monoisotopic (exact) mass is 360 g/mol. The lowest BCUT2D eigenvalue weighted by Gasteiger charge is -2.18. The predicted molar refractivity (Wildman–Crippen MR) is 99.4 cm³/mol. The van der Waals surface area contributed by atoms with Crippen LogP contribution in [0.1, 0.15) is 22.8 Å². The molecule has 0 saturated carbocycles. The topological polar surface area (TPSA) is 58.6 Å². The Hall–Kier alpha value is -2.37. The molecule has 6 heteroatoms. The fourth-order valence-corrected chi connectivity index (χ4v) is 2.67. The molecule has 1 N–H and O–H groups in total. The summed E-state index contributed by atoms with van der Waals surface area (Å²) in [5.74, 6) is 0.524. The summed E-state index contributed by atoms with van der Waals surface area (Å²) in [7, 11) is 3.44. The van der Waals surface area contributed by atoms with E-state index in [0.29, 0.717) is 22.8 Å². The summed E-state index contributed by atoms with van der Waals surface area (Å²) in [6.07, 6.45) is 0. The molecule has 25 heavy (non-hydrogen) atoms. The van der Waals surface area contributed by atoms with Crippen LogP contribution in [0.25, 0.3) is 0 Å². The number of hydrogen-bond donors (Lipinski definition) is 1. The highest BCUT2D eigenvalue weighted by Gasteiger charge is 2.11. The van der Waals surface area contributed by atoms with E-state index in [1.54, 1.807) is 43.5 Å². The van der Waals surface area contributed by atoms with Crippen molar-refractivity contribution in [1.29, 1.82) is 0 Å². The Labute approximate surface area is 152 Å². The predicted octanol–water partition coefficient (Wildman–Crippen LogP) is 3.62. The van der Waals surface area contributed by atoms with Gasteiger partial charge in [-0.15, -0.1) is 0 Å². The molecule has 0 fully saturated rings. The first-order chi connectivity index (χ1) is 11.9. The molecule has 0 aliphatic heterocycles. The number of amides is 1. The molecule has 5 nitrogen and oxygen atoms in total. The third-order valence-electron chi connectivity index (χ3n) is 3.65. The maximum Gasteiger partial charge on any atom is 0.238 e. The molecule has 2 rings (SSSR count). The number of nitrogens with zero attached hydrogens (tertiary/aromatic N) is 1. The zero-order valence-electron chi connectivity index (χ0n) is 14.5. The van der Waals surface area contributed by atoms with E-state index in [9.17, 15) is 9.59 Å². The number of Topliss-reactive ketones (excluding diaryl/α,β-unsaturated/α-hetero) is 1. The van der Waals surface area contributed by atoms with Gasteiger partial charge in [0, 0.05) is 28.4 Å². The van der Waals surface area contributed by atoms with Gasteiger partial charge in [0.1, 0.15) is 5.75 Å². The van der Waals surface area contributed by atoms with Crippen LogP contribution in [0.4, 0.5) is 5.69 Å². The minimum absolute atomic E-state index is 0.0405. The summed E-state index contributed by atoms with van der Waals surface area (Å²) in [6.45, 7) is 2.21. The summed E-state index contributed by atoms with van der Waals surface area (Å²) >= 11 is 6.03. The van der Waals surface area contributed by atoms with Crippen LogP contribution in [0, 0.1) is 0 Å². The van der Waals surface area contributed by atoms with Gasteiger partial charge in [-0.2, -0.15) is 0 Å². The van der Waals surface area contributed by atoms with Gasteiger partial charge in [0.2, 0.25) is 5.91 Å². The molecule has 2 aromatic carbocycles. The lowest BCUT2D eigenvalue weighted by Crippen LogP contribution is -2.30. The molecule has 0 aliphatic rings. The molecule has 0 unspecified atom stereocenters. The Bertz CT molecular complexity index is 777. The second-order valence-corrected chi connectivity index (χ2v) is 6.25. The minimum atomic E-state index is -0.163. The maximum atomic E-state index is 12.2. The fourth-order valence-electron chi connectivity index (χ4n) is 2.48. The van der Waals surface area contributed by atoms with Gasteiger partial charge >= 0.3 is 0 Å². The number of hydrogen-bond acceptors (Lipinski definition) is 4. The summed E-state index contributed by atoms with van der Waals surface area (Å²) < 4.78 is 5.32. The van der Waals surface area contributed by atoms with Gasteiger partial charge in [-0.05, 0) is 44.3 Å². The Balaban J connectivity index is 1.97. The van der Waals surface area contributed by atoms with Crippen molar-refractivity contribution in [3.63, 3.8) is 0 Å². The van der Waals surface area contributed by atoms with Gasteiger partial charge in [0.25, 0.3) is 0 Å². The largest absolute Gasteiger partial charge is 0.496 e. The summed E-state index contributed by atoms with van der Waals surface area (Å²) in [4.78, 5) is 25.5. The van der Waals surface area contributed by atoms with E-state index in [-0.39, 0.29) is 18.2 Å². The molecule has 0 heterocycles. The average Bonchev–Trinajstić information content (AvgIpc) is 2.55. The normalized spacial score (nSPS) is 10.6. The van der Waals surface area contributed by atoms with E-state index >= 15 is 0 Å². The van der Waals surface area contributed by atoms with E-state index in [1.165, 1.54) is 6.92 Å². The lowest BCUT2D eigenvalue weighted by atomic mass is 10.1. The van der Waals surface area contributed by atoms with Gasteiger partial charge in [0.15, 0.2) is 5.78 Å². The van der Waals surface area contributed by atoms with Crippen molar-refractivity contribution in [2.75, 3.05) is 26.0 Å². The Morgan fingerprint density at radius 3 is 2.64 bits per heavy atom. The van der Waals surface area contributed by atoms with E-state index in [2.05, 4.69) is 5.32 Å². The maximum absolute atomic E-state index is 12.2. The van der Waals surface area contributed by atoms with Gasteiger partial charge in [-0.1, -0.05) is 23.7 Å². The van der Waals surface area contributed by atoms with Crippen molar-refractivity contribution in [3.05, 3.63) is 58.6 Å². The van der Waals surface area contributed by atoms with Crippen LogP contribution in [-0.4, -0.2) is 37.3 Å². The number of halogens is 1. The Morgan fingerprint density at radius 1 is 1.20 bits per heavy atom. The van der Waals surface area contributed by atoms with Gasteiger partial charge in [-0.25, -0.2) is 0 Å². The second kappa shape index (κ2) is 8.65. The fraction of sp³-hybridized carbons (Fsp3) is 0.263. The first kappa shape index (κ1) is 19.0. The van der Waals surface area contributed by atoms with E-state index in [1.807, 2.05) is 18.0 Å². The zero-order chi connectivity index (χ0) is 18.4. The number of carbonyl (C=O) groups is 2. The number of ketones is 1. The number of nitrogens with one attached hydrogen (secondary N) is 1. The highest BCUT2D eigenvalue weighted by atomic mass is 35.5. The van der Waals surface area contributed by atoms with Crippen LogP contribution in [0.2, 0.25) is 5.02 Å². The lowest BCUT2D eigenvalue weighted by molar-refractivity contribution is -0.117. The van der Waals surface area contributed by atoms with E-state index in [4.69, 9.17) is 16.3 Å². The number of methoxy groups -OCH3 is 1. The standard InChI is InChI=1S/C19H21ClN2O3/c1-13(23)14-5-4-6-17(10-14)21-19(24)12-22(2)11-15-9-16(20)7-8-18(15)25-3/h4-10H,11-12H2,1-3H3,(H,21,24). The van der Waals surface area contributed by atoms with E-state index < -0.39 is 0 Å². The molecule has 1 amide bonds. The second-order valence-electron chi connectivity index (χ2n) is 5.81. The van der Waals surface area contributed by atoms with Crippen molar-refractivity contribution in [2.45, 2.75) is 13.5 Å². The van der Waals surface area contributed by atoms with Gasteiger partial charge in [0.05, 0.1) is 13.7 Å². The summed E-state index contributed by atoms with van der Waals surface area (Å²) in [5.41, 5.74) is 2.07. The van der Waals surface area contributed by atoms with Crippen LogP contribution in [0.3, 0.4) is 0 Å². The van der Waals surface area contributed by atoms with Crippen molar-refractivity contribution in [2.24, 2.45) is 0 Å². The first-order valence-corrected chi connectivity index (χ1v) is 8.18. The quantitative estimate of drug-likeness (QED) is 0.766. The molecule has 0 aliphatic carbocycles. The molecule has 0 radical (unpaired) electrons. The van der Waals surface area contributed by atoms with Crippen LogP contribution >= 0.6 is 11.6 Å². The molecule has 132 valence electrons. The number of likely N-dealkylation sites (N-methyl/N-ethyl adjacent to an activating group) is 1. The van der Waals surface area contributed by atoms with Gasteiger partial charge < -0.3 is 10.1 Å². The molecule has 2 aromatic rings. The molecule has 0 aromatic heterocycles. The number of anilines is 1. The molecular weight excluding hydrogens is 340 g/mol. The van der Waals surface area contributed by atoms with Crippen molar-refractivity contribution in [1.82, 2.24) is 4.90 Å². The van der Waals surface area contributed by atoms with Crippen LogP contribution in [0.15, 0.2) is 42.5 Å². The Morgan fingerprint density at radius 2 is 1.96 bits per heavy atom. The average molecular weight is 361 g/mol. The van der Waals surface area contributed by atoms with Crippen molar-refractivity contribution >= 4 is 29.0 Å². The molecule has 0 bridgehead atoms. The first-order valence-electron chi connectivity index (χ1n) is 7.81. The highest BCUT2D eigenvalue weighted by molar-refractivity contribution is 6.30. The number of carbonyl (C=O) groups excluding carboxylic acids is 2. The molecular formula is C19H21ClN2O3. The third-order valence-corrected chi connectivity index (χ3v) is 3.88. The smallest absolute Gasteiger partial charge is 0.238 e. The molecule has 0 atom stereocenters.